The molecule has 0 N–H and O–H groups in total. The monoisotopic (exact) mass is 458 g/mol. The topological polar surface area (TPSA) is 87.2 Å². The molecule has 0 aliphatic heterocycles. The molecule has 32 heavy (non-hydrogen) atoms. The number of hydrogen-bond acceptors (Lipinski definition) is 8. The second-order valence-corrected chi connectivity index (χ2v) is 8.70. The van der Waals surface area contributed by atoms with Crippen LogP contribution in [0, 0.1) is 0 Å². The molecule has 8 nitrogen and oxygen atoms in total. The average molecular weight is 459 g/mol. The van der Waals surface area contributed by atoms with Gasteiger partial charge in [-0.2, -0.15) is 9.36 Å². The molecule has 0 spiro atoms. The highest BCUT2D eigenvalue weighted by molar-refractivity contribution is 7.98. The van der Waals surface area contributed by atoms with E-state index in [0.29, 0.717) is 0 Å². The van der Waals surface area contributed by atoms with Gasteiger partial charge in [-0.15, -0.1) is 10.2 Å². The van der Waals surface area contributed by atoms with Crippen molar-refractivity contribution in [2.45, 2.75) is 21.8 Å². The maximum absolute atomic E-state index is 4.17. The predicted molar refractivity (Wildman–Crippen MR) is 124 cm³/mol. The Balaban J connectivity index is 1.24. The number of nitrogens with zero attached hydrogens (tertiary/aromatic N) is 8. The van der Waals surface area contributed by atoms with Gasteiger partial charge < -0.3 is 0 Å². The standard InChI is InChI=1S/C22H18N8S2/c1-3-10-19(11-4-1)29-21(23-25-27-29)31-15-17-8-7-9-18(14-17)16-32-22-24-26-28-30(22)20-12-5-2-6-13-20/h1-14H,15-16H2. The molecule has 0 fully saturated rings. The first kappa shape index (κ1) is 20.4. The molecule has 0 saturated heterocycles. The van der Waals surface area contributed by atoms with Crippen LogP contribution in [0.5, 0.6) is 0 Å². The molecule has 10 heteroatoms. The van der Waals surface area contributed by atoms with Gasteiger partial charge >= 0.3 is 0 Å². The summed E-state index contributed by atoms with van der Waals surface area (Å²) in [4.78, 5) is 0. The van der Waals surface area contributed by atoms with E-state index in [2.05, 4.69) is 55.3 Å². The van der Waals surface area contributed by atoms with Gasteiger partial charge in [0.05, 0.1) is 11.4 Å². The largest absolute Gasteiger partial charge is 0.214 e. The van der Waals surface area contributed by atoms with Gasteiger partial charge in [0.25, 0.3) is 0 Å². The summed E-state index contributed by atoms with van der Waals surface area (Å²) in [5.41, 5.74) is 4.30. The van der Waals surface area contributed by atoms with Crippen molar-refractivity contribution in [2.24, 2.45) is 0 Å². The van der Waals surface area contributed by atoms with Crippen molar-refractivity contribution in [3.63, 3.8) is 0 Å². The maximum Gasteiger partial charge on any atom is 0.214 e. The van der Waals surface area contributed by atoms with Gasteiger partial charge in [-0.05, 0) is 56.2 Å². The number of benzene rings is 3. The highest BCUT2D eigenvalue weighted by Crippen LogP contribution is 2.26. The zero-order chi connectivity index (χ0) is 21.6. The zero-order valence-corrected chi connectivity index (χ0v) is 18.5. The van der Waals surface area contributed by atoms with E-state index in [-0.39, 0.29) is 0 Å². The van der Waals surface area contributed by atoms with Crippen LogP contribution in [-0.4, -0.2) is 40.4 Å². The molecular weight excluding hydrogens is 440 g/mol. The van der Waals surface area contributed by atoms with Gasteiger partial charge in [0.1, 0.15) is 0 Å². The lowest BCUT2D eigenvalue weighted by Crippen LogP contribution is -1.99. The number of hydrogen-bond donors (Lipinski definition) is 0. The Kier molecular flexibility index (Phi) is 6.22. The van der Waals surface area contributed by atoms with Gasteiger partial charge in [-0.1, -0.05) is 84.2 Å². The third kappa shape index (κ3) is 4.71. The van der Waals surface area contributed by atoms with E-state index in [9.17, 15) is 0 Å². The fraction of sp³-hybridized carbons (Fsp3) is 0.0909. The molecule has 0 aliphatic carbocycles. The van der Waals surface area contributed by atoms with Crippen LogP contribution in [0.2, 0.25) is 0 Å². The highest BCUT2D eigenvalue weighted by Gasteiger charge is 2.11. The lowest BCUT2D eigenvalue weighted by molar-refractivity contribution is 0.756. The second-order valence-electron chi connectivity index (χ2n) is 6.81. The summed E-state index contributed by atoms with van der Waals surface area (Å²) in [7, 11) is 0. The number of rotatable bonds is 8. The smallest absolute Gasteiger partial charge is 0.188 e. The number of tetrazole rings is 2. The van der Waals surface area contributed by atoms with Gasteiger partial charge in [0.2, 0.25) is 10.3 Å². The Morgan fingerprint density at radius 1 is 0.562 bits per heavy atom. The van der Waals surface area contributed by atoms with Crippen LogP contribution >= 0.6 is 23.5 Å². The van der Waals surface area contributed by atoms with Crippen molar-refractivity contribution in [1.82, 2.24) is 40.4 Å². The summed E-state index contributed by atoms with van der Waals surface area (Å²) < 4.78 is 3.52. The van der Waals surface area contributed by atoms with Gasteiger partial charge in [-0.25, -0.2) is 0 Å². The van der Waals surface area contributed by atoms with E-state index in [0.717, 1.165) is 33.2 Å². The summed E-state index contributed by atoms with van der Waals surface area (Å²) in [5.74, 6) is 1.54. The highest BCUT2D eigenvalue weighted by atomic mass is 32.2. The van der Waals surface area contributed by atoms with E-state index < -0.39 is 0 Å². The average Bonchev–Trinajstić information content (AvgIpc) is 3.52. The lowest BCUT2D eigenvalue weighted by Gasteiger charge is -2.07. The summed E-state index contributed by atoms with van der Waals surface area (Å²) in [6.07, 6.45) is 0. The maximum atomic E-state index is 4.17. The SMILES string of the molecule is c1ccc(-n2nnnc2SCc2cccc(CSc3nnnn3-c3ccccc3)c2)cc1. The lowest BCUT2D eigenvalue weighted by atomic mass is 10.2. The van der Waals surface area contributed by atoms with Crippen LogP contribution in [-0.2, 0) is 11.5 Å². The summed E-state index contributed by atoms with van der Waals surface area (Å²) in [6, 6.07) is 28.3. The summed E-state index contributed by atoms with van der Waals surface area (Å²) in [5, 5.41) is 25.8. The molecule has 0 atom stereocenters. The van der Waals surface area contributed by atoms with Crippen molar-refractivity contribution in [3.8, 4) is 11.4 Å². The number of para-hydroxylation sites is 2. The Hall–Kier alpha value is -3.50. The van der Waals surface area contributed by atoms with E-state index in [1.807, 2.05) is 60.7 Å². The Bertz CT molecular complexity index is 1190. The van der Waals surface area contributed by atoms with Crippen molar-refractivity contribution in [1.29, 1.82) is 0 Å². The Morgan fingerprint density at radius 2 is 1.03 bits per heavy atom. The van der Waals surface area contributed by atoms with Crippen LogP contribution in [0.4, 0.5) is 0 Å². The molecular formula is C22H18N8S2. The first-order valence-corrected chi connectivity index (χ1v) is 11.8. The van der Waals surface area contributed by atoms with E-state index in [1.165, 1.54) is 11.1 Å². The van der Waals surface area contributed by atoms with E-state index >= 15 is 0 Å². The molecule has 3 aromatic carbocycles. The number of thioether (sulfide) groups is 2. The van der Waals surface area contributed by atoms with Crippen LogP contribution in [0.25, 0.3) is 11.4 Å². The molecule has 5 aromatic rings. The molecule has 0 aliphatic rings. The molecule has 158 valence electrons. The van der Waals surface area contributed by atoms with Crippen molar-refractivity contribution >= 4 is 23.5 Å². The van der Waals surface area contributed by atoms with Crippen molar-refractivity contribution < 1.29 is 0 Å². The Morgan fingerprint density at radius 3 is 1.50 bits per heavy atom. The molecule has 2 aromatic heterocycles. The van der Waals surface area contributed by atoms with Crippen LogP contribution in [0.3, 0.4) is 0 Å². The van der Waals surface area contributed by atoms with Crippen molar-refractivity contribution in [2.75, 3.05) is 0 Å². The fourth-order valence-electron chi connectivity index (χ4n) is 3.11. The van der Waals surface area contributed by atoms with Crippen LogP contribution < -0.4 is 0 Å². The van der Waals surface area contributed by atoms with Gasteiger partial charge in [0.15, 0.2) is 0 Å². The normalized spacial score (nSPS) is 11.0. The third-order valence-electron chi connectivity index (χ3n) is 4.61. The minimum atomic E-state index is 0.762. The first-order chi connectivity index (χ1) is 15.9. The minimum absolute atomic E-state index is 0.762. The summed E-state index contributed by atoms with van der Waals surface area (Å²) in [6.45, 7) is 0. The predicted octanol–water partition coefficient (Wildman–Crippen LogP) is 4.22. The molecule has 0 bridgehead atoms. The molecule has 0 amide bonds. The molecule has 0 unspecified atom stereocenters. The van der Waals surface area contributed by atoms with Crippen LogP contribution in [0.1, 0.15) is 11.1 Å². The molecule has 5 rings (SSSR count). The first-order valence-electron chi connectivity index (χ1n) is 9.88. The summed E-state index contributed by atoms with van der Waals surface area (Å²) >= 11 is 3.22. The third-order valence-corrected chi connectivity index (χ3v) is 6.59. The van der Waals surface area contributed by atoms with E-state index in [4.69, 9.17) is 0 Å². The van der Waals surface area contributed by atoms with E-state index in [1.54, 1.807) is 32.9 Å². The van der Waals surface area contributed by atoms with Gasteiger partial charge in [0, 0.05) is 11.5 Å². The van der Waals surface area contributed by atoms with Crippen LogP contribution in [0.15, 0.2) is 95.2 Å². The quantitative estimate of drug-likeness (QED) is 0.319. The fourth-order valence-corrected chi connectivity index (χ4v) is 4.77. The molecule has 0 radical (unpaired) electrons. The molecule has 0 saturated carbocycles. The molecule has 2 heterocycles. The van der Waals surface area contributed by atoms with Crippen molar-refractivity contribution in [3.05, 3.63) is 96.1 Å². The Labute approximate surface area is 193 Å². The number of aromatic nitrogens is 8. The zero-order valence-electron chi connectivity index (χ0n) is 16.9. The minimum Gasteiger partial charge on any atom is -0.188 e. The second kappa shape index (κ2) is 9.75. The van der Waals surface area contributed by atoms with Gasteiger partial charge in [-0.3, -0.25) is 0 Å².